The summed E-state index contributed by atoms with van der Waals surface area (Å²) in [5.74, 6) is 0.0655. The minimum absolute atomic E-state index is 0.0207. The molecule has 5 N–H and O–H groups in total. The van der Waals surface area contributed by atoms with E-state index in [9.17, 15) is 4.79 Å². The lowest BCUT2D eigenvalue weighted by Gasteiger charge is -2.11. The first-order valence-electron chi connectivity index (χ1n) is 8.40. The molecule has 3 aromatic heterocycles. The highest BCUT2D eigenvalue weighted by atomic mass is 16.5. The number of hydrogen-bond donors (Lipinski definition) is 4. The lowest BCUT2D eigenvalue weighted by Crippen LogP contribution is -2.15. The zero-order valence-corrected chi connectivity index (χ0v) is 14.8. The molecule has 3 aromatic rings. The highest BCUT2D eigenvalue weighted by Crippen LogP contribution is 2.25. The van der Waals surface area contributed by atoms with E-state index >= 15 is 0 Å². The van der Waals surface area contributed by atoms with Crippen molar-refractivity contribution in [3.63, 3.8) is 0 Å². The van der Waals surface area contributed by atoms with Crippen molar-refractivity contribution in [2.75, 3.05) is 31.3 Å². The van der Waals surface area contributed by atoms with Crippen LogP contribution in [0.25, 0.3) is 5.65 Å². The monoisotopic (exact) mass is 371 g/mol. The van der Waals surface area contributed by atoms with Crippen molar-refractivity contribution >= 4 is 23.1 Å². The van der Waals surface area contributed by atoms with Crippen LogP contribution in [0.4, 0.5) is 11.5 Å². The quantitative estimate of drug-likeness (QED) is 0.418. The molecule has 0 fully saturated rings. The summed E-state index contributed by atoms with van der Waals surface area (Å²) in [6, 6.07) is 1.63. The number of hydrogen-bond acceptors (Lipinski definition) is 8. The summed E-state index contributed by atoms with van der Waals surface area (Å²) in [6.45, 7) is 0.958. The molecular weight excluding hydrogens is 350 g/mol. The maximum absolute atomic E-state index is 12.8. The van der Waals surface area contributed by atoms with Crippen molar-refractivity contribution < 1.29 is 14.6 Å². The second-order valence-electron chi connectivity index (χ2n) is 5.77. The summed E-state index contributed by atoms with van der Waals surface area (Å²) >= 11 is 0. The molecule has 0 aliphatic carbocycles. The number of nitrogens with two attached hydrogens (primary N) is 1. The molecule has 0 atom stereocenters. The van der Waals surface area contributed by atoms with Crippen LogP contribution in [0.2, 0.25) is 0 Å². The van der Waals surface area contributed by atoms with Crippen LogP contribution >= 0.6 is 0 Å². The fourth-order valence-corrected chi connectivity index (χ4v) is 2.54. The number of anilines is 2. The van der Waals surface area contributed by atoms with Crippen LogP contribution in [0, 0.1) is 0 Å². The molecule has 1 amide bonds. The van der Waals surface area contributed by atoms with Gasteiger partial charge in [-0.05, 0) is 7.05 Å². The summed E-state index contributed by atoms with van der Waals surface area (Å²) in [5.41, 5.74) is 7.78. The van der Waals surface area contributed by atoms with Gasteiger partial charge >= 0.3 is 0 Å². The molecule has 142 valence electrons. The molecular formula is C17H21N7O3. The highest BCUT2D eigenvalue weighted by molar-refractivity contribution is 6.11. The van der Waals surface area contributed by atoms with Crippen molar-refractivity contribution in [2.45, 2.75) is 13.0 Å². The van der Waals surface area contributed by atoms with E-state index in [0.29, 0.717) is 36.7 Å². The summed E-state index contributed by atoms with van der Waals surface area (Å²) in [6.07, 6.45) is 6.94. The summed E-state index contributed by atoms with van der Waals surface area (Å²) in [5, 5.41) is 18.8. The van der Waals surface area contributed by atoms with Crippen LogP contribution in [0.15, 0.2) is 30.9 Å². The Morgan fingerprint density at radius 1 is 1.41 bits per heavy atom. The van der Waals surface area contributed by atoms with E-state index in [0.717, 1.165) is 5.56 Å². The number of nitrogens with zero attached hydrogens (tertiary/aromatic N) is 4. The number of pyridine rings is 1. The third kappa shape index (κ3) is 4.13. The van der Waals surface area contributed by atoms with Crippen molar-refractivity contribution in [1.29, 1.82) is 0 Å². The summed E-state index contributed by atoms with van der Waals surface area (Å²) < 4.78 is 7.05. The summed E-state index contributed by atoms with van der Waals surface area (Å²) in [7, 11) is 1.83. The second kappa shape index (κ2) is 8.43. The lowest BCUT2D eigenvalue weighted by atomic mass is 10.2. The Bertz CT molecular complexity index is 941. The molecule has 0 aliphatic rings. The Balaban J connectivity index is 1.86. The van der Waals surface area contributed by atoms with Gasteiger partial charge in [-0.3, -0.25) is 9.78 Å². The van der Waals surface area contributed by atoms with E-state index in [-0.39, 0.29) is 18.0 Å². The van der Waals surface area contributed by atoms with Gasteiger partial charge in [-0.15, -0.1) is 5.10 Å². The van der Waals surface area contributed by atoms with Gasteiger partial charge in [0, 0.05) is 49.8 Å². The number of nitrogen functional groups attached to an aromatic ring is 1. The Morgan fingerprint density at radius 3 is 3.04 bits per heavy atom. The van der Waals surface area contributed by atoms with Crippen molar-refractivity contribution in [2.24, 2.45) is 0 Å². The molecule has 0 saturated heterocycles. The number of ether oxygens (including phenoxy) is 1. The van der Waals surface area contributed by atoms with Gasteiger partial charge in [0.2, 0.25) is 0 Å². The number of carbonyl (C=O) groups is 1. The maximum Gasteiger partial charge on any atom is 0.263 e. The van der Waals surface area contributed by atoms with Gasteiger partial charge in [-0.1, -0.05) is 0 Å². The van der Waals surface area contributed by atoms with Crippen molar-refractivity contribution in [3.05, 3.63) is 42.0 Å². The van der Waals surface area contributed by atoms with Gasteiger partial charge in [-0.25, -0.2) is 9.50 Å². The third-order valence-electron chi connectivity index (χ3n) is 3.75. The van der Waals surface area contributed by atoms with E-state index < -0.39 is 5.91 Å². The maximum atomic E-state index is 12.8. The Hall–Kier alpha value is -3.24. The number of nitrogens with one attached hydrogen (secondary N) is 2. The van der Waals surface area contributed by atoms with E-state index in [1.807, 2.05) is 7.05 Å². The number of carbonyl (C=O) groups excluding carboxylic acids is 1. The normalized spacial score (nSPS) is 10.9. The van der Waals surface area contributed by atoms with Gasteiger partial charge in [0.05, 0.1) is 12.8 Å². The average Bonchev–Trinajstić information content (AvgIpc) is 2.98. The van der Waals surface area contributed by atoms with Crippen LogP contribution in [-0.4, -0.2) is 50.9 Å². The first kappa shape index (κ1) is 18.5. The minimum Gasteiger partial charge on any atom is -0.491 e. The third-order valence-corrected chi connectivity index (χ3v) is 3.75. The molecule has 27 heavy (non-hydrogen) atoms. The number of aromatic nitrogens is 4. The predicted molar refractivity (Wildman–Crippen MR) is 99.6 cm³/mol. The zero-order valence-electron chi connectivity index (χ0n) is 14.8. The molecule has 0 bridgehead atoms. The summed E-state index contributed by atoms with van der Waals surface area (Å²) in [4.78, 5) is 21.1. The van der Waals surface area contributed by atoms with Crippen LogP contribution < -0.4 is 21.1 Å². The van der Waals surface area contributed by atoms with Gasteiger partial charge in [0.15, 0.2) is 11.5 Å². The molecule has 0 saturated carbocycles. The van der Waals surface area contributed by atoms with Gasteiger partial charge < -0.3 is 26.2 Å². The molecule has 0 aliphatic heterocycles. The van der Waals surface area contributed by atoms with Gasteiger partial charge in [0.1, 0.15) is 17.0 Å². The predicted octanol–water partition coefficient (Wildman–Crippen LogP) is 0.439. The fraction of sp³-hybridized carbons (Fsp3) is 0.294. The van der Waals surface area contributed by atoms with Crippen LogP contribution in [0.3, 0.4) is 0 Å². The Morgan fingerprint density at radius 2 is 2.26 bits per heavy atom. The standard InChI is InChI=1S/C17H21N7O3/c1-19-7-11-8-21-16-14(15(18)23-24(16)10-11)17(26)22-12-9-20-4-3-13(12)27-6-2-5-25/h3-4,8-10,19,25H,2,5-7H2,1H3,(H2,18,23)(H,22,26). The Labute approximate surface area is 155 Å². The topological polar surface area (TPSA) is 140 Å². The number of amides is 1. The van der Waals surface area contributed by atoms with Crippen LogP contribution in [0.5, 0.6) is 5.75 Å². The Kier molecular flexibility index (Phi) is 5.79. The van der Waals surface area contributed by atoms with Crippen molar-refractivity contribution in [3.8, 4) is 5.75 Å². The van der Waals surface area contributed by atoms with Gasteiger partial charge in [0.25, 0.3) is 5.91 Å². The molecule has 0 spiro atoms. The molecule has 3 heterocycles. The number of fused-ring (bicyclic) bond motifs is 1. The second-order valence-corrected chi connectivity index (χ2v) is 5.77. The minimum atomic E-state index is -0.462. The van der Waals surface area contributed by atoms with E-state index in [4.69, 9.17) is 15.6 Å². The number of aliphatic hydroxyl groups is 1. The lowest BCUT2D eigenvalue weighted by molar-refractivity contribution is 0.102. The first-order chi connectivity index (χ1) is 13.1. The fourth-order valence-electron chi connectivity index (χ4n) is 2.54. The van der Waals surface area contributed by atoms with E-state index in [1.165, 1.54) is 10.7 Å². The largest absolute Gasteiger partial charge is 0.491 e. The number of rotatable bonds is 8. The molecule has 3 rings (SSSR count). The van der Waals surface area contributed by atoms with Gasteiger partial charge in [-0.2, -0.15) is 0 Å². The molecule has 0 radical (unpaired) electrons. The van der Waals surface area contributed by atoms with Crippen molar-refractivity contribution in [1.82, 2.24) is 24.9 Å². The smallest absolute Gasteiger partial charge is 0.263 e. The van der Waals surface area contributed by atoms with Crippen LogP contribution in [0.1, 0.15) is 22.3 Å². The molecule has 10 heteroatoms. The van der Waals surface area contributed by atoms with E-state index in [1.54, 1.807) is 24.7 Å². The first-order valence-corrected chi connectivity index (χ1v) is 8.40. The average molecular weight is 371 g/mol. The highest BCUT2D eigenvalue weighted by Gasteiger charge is 2.21. The SMILES string of the molecule is CNCc1cnc2c(C(=O)Nc3cnccc3OCCCO)c(N)nn2c1. The van der Waals surface area contributed by atoms with Crippen LogP contribution in [-0.2, 0) is 6.54 Å². The number of aliphatic hydroxyl groups excluding tert-OH is 1. The molecule has 10 nitrogen and oxygen atoms in total. The molecule has 0 unspecified atom stereocenters. The zero-order chi connectivity index (χ0) is 19.2. The van der Waals surface area contributed by atoms with E-state index in [2.05, 4.69) is 25.7 Å². The molecule has 0 aromatic carbocycles.